The summed E-state index contributed by atoms with van der Waals surface area (Å²) in [6, 6.07) is 14.7. The van der Waals surface area contributed by atoms with Gasteiger partial charge in [-0.05, 0) is 72.6 Å². The van der Waals surface area contributed by atoms with Crippen LogP contribution in [-0.2, 0) is 19.1 Å². The number of H-pyrrole nitrogens is 2. The smallest absolute Gasteiger partial charge is 0.407 e. The summed E-state index contributed by atoms with van der Waals surface area (Å²) in [5.41, 5.74) is 5.32. The van der Waals surface area contributed by atoms with Crippen LogP contribution in [0.2, 0.25) is 0 Å². The van der Waals surface area contributed by atoms with Crippen molar-refractivity contribution in [3.8, 4) is 33.8 Å². The minimum atomic E-state index is -0.697. The number of aromatic amines is 2. The summed E-state index contributed by atoms with van der Waals surface area (Å²) >= 11 is 0. The monoisotopic (exact) mass is 789 g/mol. The highest BCUT2D eigenvalue weighted by Gasteiger charge is 2.39. The molecule has 0 aliphatic carbocycles. The lowest BCUT2D eigenvalue weighted by atomic mass is 10.0. The van der Waals surface area contributed by atoms with Crippen molar-refractivity contribution in [3.63, 3.8) is 0 Å². The second-order valence-corrected chi connectivity index (χ2v) is 15.7. The molecule has 0 radical (unpaired) electrons. The number of benzene rings is 2. The minimum Gasteiger partial charge on any atom is -0.453 e. The van der Waals surface area contributed by atoms with E-state index in [2.05, 4.69) is 62.0 Å². The summed E-state index contributed by atoms with van der Waals surface area (Å²) < 4.78 is 9.52. The number of carbonyl (C=O) groups is 4. The van der Waals surface area contributed by atoms with Gasteiger partial charge in [-0.25, -0.2) is 19.6 Å². The Morgan fingerprint density at radius 3 is 1.57 bits per heavy atom. The van der Waals surface area contributed by atoms with E-state index >= 15 is 0 Å². The van der Waals surface area contributed by atoms with Crippen LogP contribution in [-0.4, -0.2) is 98.1 Å². The number of pyridine rings is 1. The van der Waals surface area contributed by atoms with Crippen LogP contribution in [0.5, 0.6) is 0 Å². The SMILES string of the molecule is COC(=O)NC(C(=O)N1CCCC1c1ncc(-c2ccc(-c3ccc4cc(-c5cnc(C6CCCN6C(=O)C(NC(=O)OC)C(C)C)[nH]5)ccc4c3)nc2)[nH]1)C(C)C. The number of ether oxygens (including phenoxy) is 2. The van der Waals surface area contributed by atoms with Crippen molar-refractivity contribution in [2.75, 3.05) is 27.3 Å². The number of hydrogen-bond donors (Lipinski definition) is 4. The first-order chi connectivity index (χ1) is 27.9. The van der Waals surface area contributed by atoms with Crippen molar-refractivity contribution in [1.82, 2.24) is 45.4 Å². The first-order valence-electron chi connectivity index (χ1n) is 19.9. The molecule has 4 N–H and O–H groups in total. The molecule has 304 valence electrons. The van der Waals surface area contributed by atoms with Gasteiger partial charge < -0.3 is 39.9 Å². The highest BCUT2D eigenvalue weighted by Crippen LogP contribution is 2.35. The number of rotatable bonds is 11. The first kappa shape index (κ1) is 40.0. The summed E-state index contributed by atoms with van der Waals surface area (Å²) in [6.07, 6.45) is 7.37. The van der Waals surface area contributed by atoms with Gasteiger partial charge in [-0.1, -0.05) is 52.0 Å². The fourth-order valence-corrected chi connectivity index (χ4v) is 7.99. The number of likely N-dealkylation sites (tertiary alicyclic amines) is 2. The van der Waals surface area contributed by atoms with E-state index < -0.39 is 24.3 Å². The zero-order valence-electron chi connectivity index (χ0n) is 33.7. The maximum Gasteiger partial charge on any atom is 0.407 e. The average Bonchev–Trinajstić information content (AvgIpc) is 4.07. The lowest BCUT2D eigenvalue weighted by molar-refractivity contribution is -0.136. The Balaban J connectivity index is 1.02. The number of imidazole rings is 2. The van der Waals surface area contributed by atoms with E-state index in [4.69, 9.17) is 19.4 Å². The number of nitrogens with one attached hydrogen (secondary N) is 4. The maximum absolute atomic E-state index is 13.6. The highest BCUT2D eigenvalue weighted by molar-refractivity contribution is 5.90. The Labute approximate surface area is 337 Å². The van der Waals surface area contributed by atoms with Crippen LogP contribution in [0, 0.1) is 11.8 Å². The van der Waals surface area contributed by atoms with Gasteiger partial charge in [0.15, 0.2) is 0 Å². The fraction of sp³-hybridized carbons (Fsp3) is 0.419. The molecule has 2 saturated heterocycles. The van der Waals surface area contributed by atoms with E-state index in [0.717, 1.165) is 76.1 Å². The van der Waals surface area contributed by atoms with Crippen LogP contribution in [0.3, 0.4) is 0 Å². The van der Waals surface area contributed by atoms with Crippen molar-refractivity contribution in [2.45, 2.75) is 77.5 Å². The van der Waals surface area contributed by atoms with Gasteiger partial charge >= 0.3 is 12.2 Å². The van der Waals surface area contributed by atoms with Gasteiger partial charge in [-0.15, -0.1) is 0 Å². The number of methoxy groups -OCH3 is 2. The van der Waals surface area contributed by atoms with Gasteiger partial charge in [-0.3, -0.25) is 14.6 Å². The molecule has 0 bridgehead atoms. The Kier molecular flexibility index (Phi) is 11.8. The van der Waals surface area contributed by atoms with Gasteiger partial charge in [0.25, 0.3) is 0 Å². The van der Waals surface area contributed by atoms with Gasteiger partial charge in [0.1, 0.15) is 23.7 Å². The predicted octanol–water partition coefficient (Wildman–Crippen LogP) is 6.77. The van der Waals surface area contributed by atoms with Gasteiger partial charge in [0.05, 0.1) is 55.8 Å². The molecule has 2 aliphatic rings. The van der Waals surface area contributed by atoms with Crippen LogP contribution in [0.15, 0.2) is 67.1 Å². The van der Waals surface area contributed by atoms with E-state index in [-0.39, 0.29) is 35.7 Å². The fourth-order valence-electron chi connectivity index (χ4n) is 7.99. The quantitative estimate of drug-likeness (QED) is 0.112. The van der Waals surface area contributed by atoms with E-state index in [0.29, 0.717) is 18.9 Å². The van der Waals surface area contributed by atoms with E-state index in [1.165, 1.54) is 14.2 Å². The number of alkyl carbamates (subject to hydrolysis) is 2. The standard InChI is InChI=1S/C43H51N9O6/c1-24(2)36(49-42(55)57-5)40(53)51-17-7-9-34(51)38-45-22-32(47-38)29-14-12-26-19-28(13-11-27(26)20-29)31-16-15-30(21-44-31)33-23-46-39(48-33)35-10-8-18-52(35)41(54)37(25(3)4)50-43(56)58-6/h11-16,19-25,34-37H,7-10,17-18H2,1-6H3,(H,45,47)(H,46,48)(H,49,55)(H,50,56). The Bertz CT molecular complexity index is 2280. The van der Waals surface area contributed by atoms with Gasteiger partial charge in [0.2, 0.25) is 11.8 Å². The Hall–Kier alpha value is -6.25. The average molecular weight is 790 g/mol. The Morgan fingerprint density at radius 1 is 0.638 bits per heavy atom. The van der Waals surface area contributed by atoms with Gasteiger partial charge in [-0.2, -0.15) is 0 Å². The molecule has 7 rings (SSSR count). The molecule has 5 aromatic rings. The molecule has 3 aromatic heterocycles. The lowest BCUT2D eigenvalue weighted by Gasteiger charge is -2.30. The molecule has 58 heavy (non-hydrogen) atoms. The molecule has 2 aliphatic heterocycles. The van der Waals surface area contributed by atoms with Crippen LogP contribution in [0.1, 0.15) is 77.1 Å². The molecular formula is C43H51N9O6. The van der Waals surface area contributed by atoms with Crippen LogP contribution in [0.4, 0.5) is 9.59 Å². The molecular weight excluding hydrogens is 739 g/mol. The molecule has 2 fully saturated rings. The third kappa shape index (κ3) is 8.25. The summed E-state index contributed by atoms with van der Waals surface area (Å²) in [5.74, 6) is 0.906. The van der Waals surface area contributed by atoms with Gasteiger partial charge in [0, 0.05) is 36.0 Å². The number of aromatic nitrogens is 5. The topological polar surface area (TPSA) is 188 Å². The normalized spacial score (nSPS) is 17.8. The van der Waals surface area contributed by atoms with E-state index in [1.807, 2.05) is 57.1 Å². The second kappa shape index (κ2) is 17.1. The third-order valence-corrected chi connectivity index (χ3v) is 11.2. The van der Waals surface area contributed by atoms with Crippen molar-refractivity contribution in [1.29, 1.82) is 0 Å². The first-order valence-corrected chi connectivity index (χ1v) is 19.9. The second-order valence-electron chi connectivity index (χ2n) is 15.7. The van der Waals surface area contributed by atoms with Crippen LogP contribution < -0.4 is 10.6 Å². The zero-order valence-corrected chi connectivity index (χ0v) is 33.7. The molecule has 0 saturated carbocycles. The van der Waals surface area contributed by atoms with E-state index in [9.17, 15) is 19.2 Å². The highest BCUT2D eigenvalue weighted by atomic mass is 16.5. The largest absolute Gasteiger partial charge is 0.453 e. The van der Waals surface area contributed by atoms with Crippen molar-refractivity contribution < 1.29 is 28.7 Å². The Morgan fingerprint density at radius 2 is 1.10 bits per heavy atom. The molecule has 15 heteroatoms. The summed E-state index contributed by atoms with van der Waals surface area (Å²) in [5, 5.41) is 7.51. The minimum absolute atomic E-state index is 0.109. The molecule has 2 aromatic carbocycles. The van der Waals surface area contributed by atoms with E-state index in [1.54, 1.807) is 11.1 Å². The van der Waals surface area contributed by atoms with Crippen molar-refractivity contribution >= 4 is 34.8 Å². The number of hydrogen-bond acceptors (Lipinski definition) is 9. The van der Waals surface area contributed by atoms with Crippen LogP contribution in [0.25, 0.3) is 44.5 Å². The predicted molar refractivity (Wildman–Crippen MR) is 218 cm³/mol. The molecule has 15 nitrogen and oxygen atoms in total. The molecule has 5 heterocycles. The third-order valence-electron chi connectivity index (χ3n) is 11.2. The summed E-state index contributed by atoms with van der Waals surface area (Å²) in [6.45, 7) is 8.77. The maximum atomic E-state index is 13.6. The molecule has 4 atom stereocenters. The zero-order chi connectivity index (χ0) is 41.1. The lowest BCUT2D eigenvalue weighted by Crippen LogP contribution is -2.51. The van der Waals surface area contributed by atoms with Crippen molar-refractivity contribution in [2.24, 2.45) is 11.8 Å². The molecule has 4 amide bonds. The summed E-state index contributed by atoms with van der Waals surface area (Å²) in [7, 11) is 2.58. The number of carbonyl (C=O) groups excluding carboxylic acids is 4. The number of nitrogens with zero attached hydrogens (tertiary/aromatic N) is 5. The van der Waals surface area contributed by atoms with Crippen LogP contribution >= 0.6 is 0 Å². The number of amides is 4. The molecule has 0 spiro atoms. The summed E-state index contributed by atoms with van der Waals surface area (Å²) in [4.78, 5) is 75.7. The molecule has 4 unspecified atom stereocenters. The number of fused-ring (bicyclic) bond motifs is 1. The van der Waals surface area contributed by atoms with Crippen molar-refractivity contribution in [3.05, 3.63) is 78.8 Å².